The second kappa shape index (κ2) is 4.08. The normalized spacial score (nSPS) is 15.3. The molecule has 1 rings (SSSR count). The van der Waals surface area contributed by atoms with Gasteiger partial charge in [0.1, 0.15) is 6.10 Å². The number of hydrogen-bond donors (Lipinski definition) is 3. The van der Waals surface area contributed by atoms with Crippen LogP contribution in [0.1, 0.15) is 20.3 Å². The molecule has 74 valence electrons. The van der Waals surface area contributed by atoms with Crippen LogP contribution in [0.15, 0.2) is 4.79 Å². The molecule has 2 atom stereocenters. The largest absolute Gasteiger partial charge is 0.459 e. The summed E-state index contributed by atoms with van der Waals surface area (Å²) >= 11 is 0. The predicted octanol–water partition coefficient (Wildman–Crippen LogP) is -0.397. The number of H-pyrrole nitrogens is 2. The number of nitrogens with two attached hydrogens (primary N) is 1. The second-order valence-corrected chi connectivity index (χ2v) is 2.91. The Morgan fingerprint density at radius 1 is 1.69 bits per heavy atom. The first-order valence-corrected chi connectivity index (χ1v) is 4.20. The van der Waals surface area contributed by atoms with Crippen molar-refractivity contribution >= 4 is 0 Å². The monoisotopic (exact) mass is 186 g/mol. The van der Waals surface area contributed by atoms with Gasteiger partial charge in [-0.2, -0.15) is 0 Å². The van der Waals surface area contributed by atoms with Gasteiger partial charge in [-0.1, -0.05) is 6.92 Å². The molecule has 0 fully saturated rings. The van der Waals surface area contributed by atoms with E-state index in [2.05, 4.69) is 15.2 Å². The van der Waals surface area contributed by atoms with Gasteiger partial charge in [0.05, 0.1) is 0 Å². The molecule has 0 aromatic carbocycles. The van der Waals surface area contributed by atoms with Gasteiger partial charge in [0.15, 0.2) is 0 Å². The quantitative estimate of drug-likeness (QED) is 0.596. The SMILES string of the molecule is CCC(Oc1n[nH]c(=O)[nH]1)C(C)N. The summed E-state index contributed by atoms with van der Waals surface area (Å²) in [5, 5.41) is 5.83. The van der Waals surface area contributed by atoms with Gasteiger partial charge in [0.2, 0.25) is 0 Å². The lowest BCUT2D eigenvalue weighted by Crippen LogP contribution is -2.36. The number of aromatic nitrogens is 3. The van der Waals surface area contributed by atoms with E-state index in [1.54, 1.807) is 0 Å². The van der Waals surface area contributed by atoms with Crippen LogP contribution < -0.4 is 16.2 Å². The molecule has 0 bridgehead atoms. The molecule has 0 saturated heterocycles. The summed E-state index contributed by atoms with van der Waals surface area (Å²) in [6, 6.07) is 0.0966. The Hall–Kier alpha value is -1.30. The Bertz CT molecular complexity index is 303. The van der Waals surface area contributed by atoms with Crippen LogP contribution in [0.25, 0.3) is 0 Å². The lowest BCUT2D eigenvalue weighted by molar-refractivity contribution is 0.158. The van der Waals surface area contributed by atoms with Crippen molar-refractivity contribution in [2.45, 2.75) is 32.4 Å². The van der Waals surface area contributed by atoms with E-state index in [0.717, 1.165) is 6.42 Å². The van der Waals surface area contributed by atoms with Crippen LogP contribution in [0.3, 0.4) is 0 Å². The number of aromatic amines is 2. The fraction of sp³-hybridized carbons (Fsp3) is 0.714. The Morgan fingerprint density at radius 3 is 2.77 bits per heavy atom. The summed E-state index contributed by atoms with van der Waals surface area (Å²) in [6.45, 7) is 3.80. The van der Waals surface area contributed by atoms with Crippen molar-refractivity contribution in [1.82, 2.24) is 15.2 Å². The van der Waals surface area contributed by atoms with E-state index >= 15 is 0 Å². The van der Waals surface area contributed by atoms with Crippen molar-refractivity contribution in [1.29, 1.82) is 0 Å². The third kappa shape index (κ3) is 2.59. The smallest absolute Gasteiger partial charge is 0.343 e. The van der Waals surface area contributed by atoms with Gasteiger partial charge in [0.25, 0.3) is 0 Å². The molecular weight excluding hydrogens is 172 g/mol. The second-order valence-electron chi connectivity index (χ2n) is 2.91. The third-order valence-corrected chi connectivity index (χ3v) is 1.73. The van der Waals surface area contributed by atoms with E-state index in [0.29, 0.717) is 0 Å². The van der Waals surface area contributed by atoms with Gasteiger partial charge < -0.3 is 10.5 Å². The van der Waals surface area contributed by atoms with Crippen molar-refractivity contribution in [3.8, 4) is 6.01 Å². The minimum atomic E-state index is -0.380. The van der Waals surface area contributed by atoms with Crippen molar-refractivity contribution < 1.29 is 4.74 Å². The van der Waals surface area contributed by atoms with E-state index in [1.807, 2.05) is 13.8 Å². The number of ether oxygens (including phenoxy) is 1. The molecular formula is C7H14N4O2. The first-order chi connectivity index (χ1) is 6.13. The standard InChI is InChI=1S/C7H14N4O2/c1-3-5(4(2)8)13-7-9-6(12)10-11-7/h4-5H,3,8H2,1-2H3,(H2,9,10,11,12). The van der Waals surface area contributed by atoms with E-state index < -0.39 is 0 Å². The van der Waals surface area contributed by atoms with Crippen LogP contribution in [0.4, 0.5) is 0 Å². The molecule has 0 amide bonds. The van der Waals surface area contributed by atoms with Crippen LogP contribution in [0.2, 0.25) is 0 Å². The Balaban J connectivity index is 2.61. The van der Waals surface area contributed by atoms with Crippen LogP contribution in [0.5, 0.6) is 6.01 Å². The third-order valence-electron chi connectivity index (χ3n) is 1.73. The zero-order valence-electron chi connectivity index (χ0n) is 7.70. The summed E-state index contributed by atoms with van der Waals surface area (Å²) in [6.07, 6.45) is 0.644. The van der Waals surface area contributed by atoms with Gasteiger partial charge in [-0.05, 0) is 13.3 Å². The first-order valence-electron chi connectivity index (χ1n) is 4.20. The zero-order valence-corrected chi connectivity index (χ0v) is 7.70. The minimum Gasteiger partial charge on any atom is -0.459 e. The molecule has 1 heterocycles. The lowest BCUT2D eigenvalue weighted by Gasteiger charge is -2.18. The van der Waals surface area contributed by atoms with Crippen molar-refractivity contribution in [3.05, 3.63) is 10.5 Å². The fourth-order valence-corrected chi connectivity index (χ4v) is 1.02. The molecule has 2 unspecified atom stereocenters. The molecule has 0 aliphatic carbocycles. The van der Waals surface area contributed by atoms with Crippen LogP contribution in [-0.2, 0) is 0 Å². The van der Waals surface area contributed by atoms with Gasteiger partial charge in [-0.25, -0.2) is 9.89 Å². The van der Waals surface area contributed by atoms with Crippen LogP contribution in [-0.4, -0.2) is 27.3 Å². The molecule has 0 radical (unpaired) electrons. The highest BCUT2D eigenvalue weighted by Crippen LogP contribution is 2.05. The highest BCUT2D eigenvalue weighted by Gasteiger charge is 2.14. The highest BCUT2D eigenvalue weighted by atomic mass is 16.5. The van der Waals surface area contributed by atoms with Crippen molar-refractivity contribution in [2.24, 2.45) is 5.73 Å². The minimum absolute atomic E-state index is 0.0924. The summed E-state index contributed by atoms with van der Waals surface area (Å²) in [7, 11) is 0. The molecule has 0 spiro atoms. The maximum absolute atomic E-state index is 10.6. The zero-order chi connectivity index (χ0) is 9.84. The number of rotatable bonds is 4. The average Bonchev–Trinajstić information content (AvgIpc) is 2.46. The maximum Gasteiger partial charge on any atom is 0.343 e. The topological polar surface area (TPSA) is 96.8 Å². The van der Waals surface area contributed by atoms with Gasteiger partial charge in [0, 0.05) is 6.04 Å². The summed E-state index contributed by atoms with van der Waals surface area (Å²) in [5.74, 6) is 0. The molecule has 0 saturated carbocycles. The molecule has 1 aromatic heterocycles. The Kier molecular flexibility index (Phi) is 3.07. The van der Waals surface area contributed by atoms with Crippen LogP contribution >= 0.6 is 0 Å². The number of hydrogen-bond acceptors (Lipinski definition) is 4. The summed E-state index contributed by atoms with van der Waals surface area (Å²) in [5.41, 5.74) is 5.27. The Morgan fingerprint density at radius 2 is 2.38 bits per heavy atom. The Labute approximate surface area is 75.5 Å². The lowest BCUT2D eigenvalue weighted by atomic mass is 10.1. The van der Waals surface area contributed by atoms with Gasteiger partial charge in [-0.3, -0.25) is 4.98 Å². The molecule has 0 aliphatic rings. The average molecular weight is 186 g/mol. The van der Waals surface area contributed by atoms with E-state index in [1.165, 1.54) is 0 Å². The number of nitrogens with zero attached hydrogens (tertiary/aromatic N) is 1. The van der Waals surface area contributed by atoms with E-state index in [-0.39, 0.29) is 23.8 Å². The van der Waals surface area contributed by atoms with E-state index in [4.69, 9.17) is 10.5 Å². The van der Waals surface area contributed by atoms with Crippen molar-refractivity contribution in [3.63, 3.8) is 0 Å². The van der Waals surface area contributed by atoms with Gasteiger partial charge in [-0.15, -0.1) is 5.10 Å². The highest BCUT2D eigenvalue weighted by molar-refractivity contribution is 4.89. The molecule has 13 heavy (non-hydrogen) atoms. The summed E-state index contributed by atoms with van der Waals surface area (Å²) in [4.78, 5) is 13.0. The number of nitrogens with one attached hydrogen (secondary N) is 2. The molecule has 0 aliphatic heterocycles. The predicted molar refractivity (Wildman–Crippen MR) is 47.6 cm³/mol. The van der Waals surface area contributed by atoms with Gasteiger partial charge >= 0.3 is 11.7 Å². The fourth-order valence-electron chi connectivity index (χ4n) is 1.02. The summed E-state index contributed by atoms with van der Waals surface area (Å²) < 4.78 is 5.32. The van der Waals surface area contributed by atoms with E-state index in [9.17, 15) is 4.79 Å². The molecule has 4 N–H and O–H groups in total. The van der Waals surface area contributed by atoms with Crippen molar-refractivity contribution in [2.75, 3.05) is 0 Å². The molecule has 6 heteroatoms. The molecule has 6 nitrogen and oxygen atoms in total. The first kappa shape index (κ1) is 9.79. The van der Waals surface area contributed by atoms with Crippen LogP contribution in [0, 0.1) is 0 Å². The molecule has 1 aromatic rings. The maximum atomic E-state index is 10.6.